The zero-order valence-electron chi connectivity index (χ0n) is 18.6. The Labute approximate surface area is 210 Å². The van der Waals surface area contributed by atoms with Gasteiger partial charge < -0.3 is 19.9 Å². The number of nitrogens with zero attached hydrogens (tertiary/aromatic N) is 2. The van der Waals surface area contributed by atoms with Gasteiger partial charge in [0.1, 0.15) is 35.5 Å². The maximum atomic E-state index is 12.7. The number of nitro groups is 1. The number of nitriles is 1. The second-order valence-corrected chi connectivity index (χ2v) is 8.01. The minimum Gasteiger partial charge on any atom is -0.490 e. The Morgan fingerprint density at radius 1 is 1.22 bits per heavy atom. The van der Waals surface area contributed by atoms with E-state index in [0.717, 1.165) is 11.6 Å². The molecule has 0 spiro atoms. The first-order valence-electron chi connectivity index (χ1n) is 10.5. The van der Waals surface area contributed by atoms with Crippen LogP contribution in [0.4, 0.5) is 5.69 Å². The molecular weight excluding hydrogens is 486 g/mol. The van der Waals surface area contributed by atoms with Gasteiger partial charge in [0, 0.05) is 23.8 Å². The van der Waals surface area contributed by atoms with Crippen LogP contribution in [0.2, 0.25) is 5.02 Å². The zero-order chi connectivity index (χ0) is 25.8. The smallest absolute Gasteiger partial charge is 0.345 e. The summed E-state index contributed by atoms with van der Waals surface area (Å²) in [5.74, 6) is -0.555. The Hall–Kier alpha value is -4.81. The van der Waals surface area contributed by atoms with E-state index in [0.29, 0.717) is 17.9 Å². The van der Waals surface area contributed by atoms with Gasteiger partial charge in [0.25, 0.3) is 5.69 Å². The van der Waals surface area contributed by atoms with Gasteiger partial charge >= 0.3 is 5.97 Å². The highest BCUT2D eigenvalue weighted by atomic mass is 35.5. The van der Waals surface area contributed by atoms with Crippen LogP contribution in [0.5, 0.6) is 17.2 Å². The van der Waals surface area contributed by atoms with E-state index in [-0.39, 0.29) is 39.2 Å². The number of carbonyl (C=O) groups excluding carboxylic acids is 1. The van der Waals surface area contributed by atoms with Crippen molar-refractivity contribution in [1.82, 2.24) is 0 Å². The van der Waals surface area contributed by atoms with Gasteiger partial charge in [0.15, 0.2) is 0 Å². The van der Waals surface area contributed by atoms with E-state index >= 15 is 0 Å². The average molecular weight is 504 g/mol. The van der Waals surface area contributed by atoms with E-state index in [1.807, 2.05) is 6.07 Å². The molecule has 0 fully saturated rings. The molecule has 10 heteroatoms. The zero-order valence-corrected chi connectivity index (χ0v) is 19.4. The number of carbonyl (C=O) groups is 1. The van der Waals surface area contributed by atoms with E-state index in [4.69, 9.17) is 31.5 Å². The minimum absolute atomic E-state index is 0.00395. The number of ether oxygens (including phenoxy) is 3. The lowest BCUT2D eigenvalue weighted by atomic mass is 9.83. The molecule has 4 rings (SSSR count). The van der Waals surface area contributed by atoms with Crippen molar-refractivity contribution >= 4 is 23.3 Å². The topological polar surface area (TPSA) is 138 Å². The number of allylic oxidation sites excluding steroid dienone is 1. The molecule has 0 amide bonds. The SMILES string of the molecule is C=CCOc1cccc(C2C(C#N)=C(N)Oc3cc(OC(=O)c4cc([N+](=O)[O-])ccc4Cl)ccc32)c1. The second-order valence-electron chi connectivity index (χ2n) is 7.61. The van der Waals surface area contributed by atoms with Crippen molar-refractivity contribution in [2.75, 3.05) is 6.61 Å². The summed E-state index contributed by atoms with van der Waals surface area (Å²) in [4.78, 5) is 23.1. The molecule has 0 saturated carbocycles. The Morgan fingerprint density at radius 2 is 2.03 bits per heavy atom. The first-order valence-corrected chi connectivity index (χ1v) is 10.9. The highest BCUT2D eigenvalue weighted by Gasteiger charge is 2.31. The highest BCUT2D eigenvalue weighted by molar-refractivity contribution is 6.33. The van der Waals surface area contributed by atoms with E-state index in [1.54, 1.807) is 30.3 Å². The minimum atomic E-state index is -0.885. The molecule has 3 aromatic carbocycles. The highest BCUT2D eigenvalue weighted by Crippen LogP contribution is 2.44. The summed E-state index contributed by atoms with van der Waals surface area (Å²) in [7, 11) is 0. The number of hydrogen-bond donors (Lipinski definition) is 1. The molecule has 0 aromatic heterocycles. The van der Waals surface area contributed by atoms with Crippen LogP contribution in [-0.2, 0) is 0 Å². The molecule has 0 bridgehead atoms. The molecular formula is C26H18ClN3O6. The maximum absolute atomic E-state index is 12.7. The van der Waals surface area contributed by atoms with Crippen molar-refractivity contribution in [2.24, 2.45) is 5.73 Å². The van der Waals surface area contributed by atoms with Gasteiger partial charge in [-0.25, -0.2) is 4.79 Å². The first-order chi connectivity index (χ1) is 17.3. The van der Waals surface area contributed by atoms with Crippen LogP contribution in [0, 0.1) is 21.4 Å². The molecule has 0 saturated heterocycles. The summed E-state index contributed by atoms with van der Waals surface area (Å²) in [6, 6.07) is 17.4. The number of benzene rings is 3. The lowest BCUT2D eigenvalue weighted by molar-refractivity contribution is -0.384. The van der Waals surface area contributed by atoms with E-state index in [9.17, 15) is 20.2 Å². The second kappa shape index (κ2) is 10.2. The summed E-state index contributed by atoms with van der Waals surface area (Å²) in [6.45, 7) is 3.96. The fourth-order valence-electron chi connectivity index (χ4n) is 3.73. The van der Waals surface area contributed by atoms with Gasteiger partial charge in [0.2, 0.25) is 5.88 Å². The Kier molecular flexibility index (Phi) is 6.90. The van der Waals surface area contributed by atoms with Crippen molar-refractivity contribution in [3.8, 4) is 23.3 Å². The molecule has 180 valence electrons. The summed E-state index contributed by atoms with van der Waals surface area (Å²) in [5, 5.41) is 20.8. The van der Waals surface area contributed by atoms with Crippen LogP contribution in [0.3, 0.4) is 0 Å². The number of halogens is 1. The van der Waals surface area contributed by atoms with Crippen LogP contribution in [0.15, 0.2) is 84.8 Å². The summed E-state index contributed by atoms with van der Waals surface area (Å²) >= 11 is 6.04. The van der Waals surface area contributed by atoms with Crippen LogP contribution in [-0.4, -0.2) is 17.5 Å². The number of nitro benzene ring substituents is 1. The summed E-state index contributed by atoms with van der Waals surface area (Å²) in [6.07, 6.45) is 1.62. The molecule has 1 unspecified atom stereocenters. The molecule has 0 aliphatic carbocycles. The molecule has 9 nitrogen and oxygen atoms in total. The van der Waals surface area contributed by atoms with E-state index in [2.05, 4.69) is 12.6 Å². The van der Waals surface area contributed by atoms with Crippen LogP contribution >= 0.6 is 11.6 Å². The Balaban J connectivity index is 1.68. The molecule has 3 aromatic rings. The maximum Gasteiger partial charge on any atom is 0.345 e. The first kappa shape index (κ1) is 24.3. The molecule has 0 radical (unpaired) electrons. The van der Waals surface area contributed by atoms with Crippen LogP contribution < -0.4 is 19.9 Å². The van der Waals surface area contributed by atoms with Gasteiger partial charge in [-0.15, -0.1) is 0 Å². The van der Waals surface area contributed by atoms with Gasteiger partial charge in [0.05, 0.1) is 21.4 Å². The number of nitrogens with two attached hydrogens (primary N) is 1. The lowest BCUT2D eigenvalue weighted by Gasteiger charge is -2.27. The third-order valence-corrected chi connectivity index (χ3v) is 5.67. The molecule has 36 heavy (non-hydrogen) atoms. The molecule has 1 aliphatic heterocycles. The van der Waals surface area contributed by atoms with Crippen molar-refractivity contribution in [3.63, 3.8) is 0 Å². The number of rotatable bonds is 7. The third-order valence-electron chi connectivity index (χ3n) is 5.34. The molecule has 2 N–H and O–H groups in total. The van der Waals surface area contributed by atoms with E-state index < -0.39 is 16.8 Å². The van der Waals surface area contributed by atoms with Crippen LogP contribution in [0.1, 0.15) is 27.4 Å². The van der Waals surface area contributed by atoms with Crippen LogP contribution in [0.25, 0.3) is 0 Å². The standard InChI is InChI=1S/C26H18ClN3O6/c1-2-10-34-17-5-3-4-15(11-17)24-19-8-7-18(13-23(19)36-25(29)21(24)14-28)35-26(31)20-12-16(30(32)33)6-9-22(20)27/h2-9,11-13,24H,1,10,29H2. The van der Waals surface area contributed by atoms with Gasteiger partial charge in [-0.3, -0.25) is 10.1 Å². The summed E-state index contributed by atoms with van der Waals surface area (Å²) in [5.41, 5.74) is 7.18. The fourth-order valence-corrected chi connectivity index (χ4v) is 3.92. The predicted molar refractivity (Wildman–Crippen MR) is 131 cm³/mol. The van der Waals surface area contributed by atoms with Gasteiger partial charge in [-0.05, 0) is 29.8 Å². The molecule has 1 heterocycles. The number of fused-ring (bicyclic) bond motifs is 1. The van der Waals surface area contributed by atoms with E-state index in [1.165, 1.54) is 24.3 Å². The Morgan fingerprint density at radius 3 is 2.75 bits per heavy atom. The quantitative estimate of drug-likeness (QED) is 0.152. The third kappa shape index (κ3) is 4.85. The molecule has 1 atom stereocenters. The number of esters is 1. The average Bonchev–Trinajstić information content (AvgIpc) is 2.86. The normalized spacial score (nSPS) is 14.2. The van der Waals surface area contributed by atoms with Crippen molar-refractivity contribution in [1.29, 1.82) is 5.26 Å². The number of non-ortho nitro benzene ring substituents is 1. The molecule has 1 aliphatic rings. The van der Waals surface area contributed by atoms with Gasteiger partial charge in [-0.1, -0.05) is 42.5 Å². The monoisotopic (exact) mass is 503 g/mol. The predicted octanol–water partition coefficient (Wildman–Crippen LogP) is 5.25. The Bertz CT molecular complexity index is 1460. The summed E-state index contributed by atoms with van der Waals surface area (Å²) < 4.78 is 16.7. The fraction of sp³-hybridized carbons (Fsp3) is 0.0769. The lowest BCUT2D eigenvalue weighted by Crippen LogP contribution is -2.21. The van der Waals surface area contributed by atoms with Crippen molar-refractivity contribution in [3.05, 3.63) is 117 Å². The number of hydrogen-bond acceptors (Lipinski definition) is 8. The largest absolute Gasteiger partial charge is 0.490 e. The van der Waals surface area contributed by atoms with Gasteiger partial charge in [-0.2, -0.15) is 5.26 Å². The van der Waals surface area contributed by atoms with Crippen molar-refractivity contribution in [2.45, 2.75) is 5.92 Å². The van der Waals surface area contributed by atoms with Crippen molar-refractivity contribution < 1.29 is 23.9 Å².